The Kier molecular flexibility index (Phi) is 3.54. The third kappa shape index (κ3) is 2.91. The molecule has 0 fully saturated rings. The Morgan fingerprint density at radius 2 is 2.11 bits per heavy atom. The Balaban J connectivity index is 2.34. The van der Waals surface area contributed by atoms with Crippen LogP contribution in [0.3, 0.4) is 0 Å². The van der Waals surface area contributed by atoms with E-state index in [9.17, 15) is 13.2 Å². The van der Waals surface area contributed by atoms with Gasteiger partial charge in [-0.25, -0.2) is 0 Å². The molecule has 0 aliphatic carbocycles. The van der Waals surface area contributed by atoms with Gasteiger partial charge in [0.15, 0.2) is 0 Å². The van der Waals surface area contributed by atoms with Crippen molar-refractivity contribution in [3.8, 4) is 11.4 Å². The van der Waals surface area contributed by atoms with E-state index in [-0.39, 0.29) is 17.3 Å². The lowest BCUT2D eigenvalue weighted by molar-refractivity contribution is -0.137. The van der Waals surface area contributed by atoms with Gasteiger partial charge in [0.05, 0.1) is 12.2 Å². The summed E-state index contributed by atoms with van der Waals surface area (Å²) in [7, 11) is 0. The van der Waals surface area contributed by atoms with Gasteiger partial charge in [0, 0.05) is 5.56 Å². The Morgan fingerprint density at radius 3 is 2.74 bits per heavy atom. The average molecular weight is 273 g/mol. The van der Waals surface area contributed by atoms with Gasteiger partial charge in [-0.15, -0.1) is 0 Å². The Labute approximate surface area is 105 Å². The maximum absolute atomic E-state index is 12.6. The molecule has 1 heterocycles. The van der Waals surface area contributed by atoms with Crippen LogP contribution in [0.2, 0.25) is 0 Å². The summed E-state index contributed by atoms with van der Waals surface area (Å²) in [5.41, 5.74) is 4.82. The van der Waals surface area contributed by atoms with Crippen molar-refractivity contribution in [2.75, 3.05) is 6.61 Å². The molecular weight excluding hydrogens is 263 g/mol. The van der Waals surface area contributed by atoms with Crippen molar-refractivity contribution in [3.63, 3.8) is 0 Å². The molecule has 2 aromatic rings. The predicted molar refractivity (Wildman–Crippen MR) is 58.8 cm³/mol. The van der Waals surface area contributed by atoms with E-state index in [1.54, 1.807) is 0 Å². The molecule has 0 saturated heterocycles. The molecule has 3 N–H and O–H groups in total. The summed E-state index contributed by atoms with van der Waals surface area (Å²) in [4.78, 5) is 3.84. The summed E-state index contributed by atoms with van der Waals surface area (Å²) >= 11 is 0. The third-order valence-electron chi connectivity index (χ3n) is 2.40. The van der Waals surface area contributed by atoms with E-state index in [1.165, 1.54) is 12.1 Å². The largest absolute Gasteiger partial charge is 0.416 e. The van der Waals surface area contributed by atoms with Crippen molar-refractivity contribution >= 4 is 0 Å². The number of nitrogens with zero attached hydrogens (tertiary/aromatic N) is 2. The second kappa shape index (κ2) is 4.98. The van der Waals surface area contributed by atoms with E-state index >= 15 is 0 Å². The molecule has 1 aromatic carbocycles. The Morgan fingerprint density at radius 1 is 1.37 bits per heavy atom. The molecule has 2 rings (SSSR count). The molecule has 0 amide bonds. The van der Waals surface area contributed by atoms with Crippen LogP contribution < -0.4 is 5.73 Å². The quantitative estimate of drug-likeness (QED) is 0.889. The number of halogens is 3. The molecule has 0 saturated carbocycles. The molecule has 102 valence electrons. The molecule has 0 bridgehead atoms. The van der Waals surface area contributed by atoms with Crippen LogP contribution >= 0.6 is 0 Å². The molecule has 0 radical (unpaired) electrons. The Bertz CT molecular complexity index is 568. The molecule has 1 atom stereocenters. The molecule has 1 aromatic heterocycles. The van der Waals surface area contributed by atoms with E-state index in [1.807, 2.05) is 0 Å². The van der Waals surface area contributed by atoms with E-state index in [2.05, 4.69) is 10.1 Å². The van der Waals surface area contributed by atoms with E-state index in [0.29, 0.717) is 0 Å². The fourth-order valence-electron chi connectivity index (χ4n) is 1.42. The van der Waals surface area contributed by atoms with Gasteiger partial charge in [0.1, 0.15) is 6.04 Å². The van der Waals surface area contributed by atoms with Gasteiger partial charge in [-0.3, -0.25) is 0 Å². The SMILES string of the molecule is N[C@@H](CO)c1nc(-c2cccc(C(F)(F)F)c2)no1. The summed E-state index contributed by atoms with van der Waals surface area (Å²) in [6, 6.07) is 3.68. The van der Waals surface area contributed by atoms with Crippen molar-refractivity contribution in [2.45, 2.75) is 12.2 Å². The number of aromatic nitrogens is 2. The zero-order valence-corrected chi connectivity index (χ0v) is 9.55. The highest BCUT2D eigenvalue weighted by Gasteiger charge is 2.30. The van der Waals surface area contributed by atoms with Gasteiger partial charge in [0.2, 0.25) is 11.7 Å². The third-order valence-corrected chi connectivity index (χ3v) is 2.40. The van der Waals surface area contributed by atoms with E-state index in [0.717, 1.165) is 12.1 Å². The number of rotatable bonds is 3. The van der Waals surface area contributed by atoms with Crippen LogP contribution in [-0.2, 0) is 6.18 Å². The van der Waals surface area contributed by atoms with Crippen LogP contribution in [0.5, 0.6) is 0 Å². The van der Waals surface area contributed by atoms with Crippen LogP contribution in [0.25, 0.3) is 11.4 Å². The maximum atomic E-state index is 12.6. The van der Waals surface area contributed by atoms with Crippen molar-refractivity contribution in [2.24, 2.45) is 5.73 Å². The highest BCUT2D eigenvalue weighted by Crippen LogP contribution is 2.31. The molecule has 0 unspecified atom stereocenters. The number of hydrogen-bond donors (Lipinski definition) is 2. The van der Waals surface area contributed by atoms with Gasteiger partial charge in [-0.1, -0.05) is 17.3 Å². The summed E-state index contributed by atoms with van der Waals surface area (Å²) in [5, 5.41) is 12.4. The van der Waals surface area contributed by atoms with Crippen LogP contribution in [0.4, 0.5) is 13.2 Å². The smallest absolute Gasteiger partial charge is 0.394 e. The van der Waals surface area contributed by atoms with Crippen molar-refractivity contribution in [1.29, 1.82) is 0 Å². The summed E-state index contributed by atoms with van der Waals surface area (Å²) in [5.74, 6) is -0.0417. The van der Waals surface area contributed by atoms with Gasteiger partial charge < -0.3 is 15.4 Å². The number of nitrogens with two attached hydrogens (primary N) is 1. The van der Waals surface area contributed by atoms with Crippen molar-refractivity contribution in [3.05, 3.63) is 35.7 Å². The van der Waals surface area contributed by atoms with Crippen LogP contribution in [0.15, 0.2) is 28.8 Å². The zero-order valence-electron chi connectivity index (χ0n) is 9.55. The first-order valence-corrected chi connectivity index (χ1v) is 5.29. The fraction of sp³-hybridized carbons (Fsp3) is 0.273. The van der Waals surface area contributed by atoms with E-state index < -0.39 is 24.4 Å². The Hall–Kier alpha value is -1.93. The van der Waals surface area contributed by atoms with Gasteiger partial charge in [0.25, 0.3) is 0 Å². The predicted octanol–water partition coefficient (Wildman–Crippen LogP) is 1.75. The molecule has 0 spiro atoms. The van der Waals surface area contributed by atoms with Crippen LogP contribution in [0.1, 0.15) is 17.5 Å². The first-order chi connectivity index (χ1) is 8.91. The topological polar surface area (TPSA) is 85.2 Å². The lowest BCUT2D eigenvalue weighted by atomic mass is 10.1. The van der Waals surface area contributed by atoms with Gasteiger partial charge >= 0.3 is 6.18 Å². The molecule has 0 aliphatic rings. The van der Waals surface area contributed by atoms with Crippen LogP contribution in [-0.4, -0.2) is 21.9 Å². The molecule has 5 nitrogen and oxygen atoms in total. The zero-order chi connectivity index (χ0) is 14.0. The molecule has 0 aliphatic heterocycles. The highest BCUT2D eigenvalue weighted by atomic mass is 19.4. The summed E-state index contributed by atoms with van der Waals surface area (Å²) in [6.45, 7) is -0.399. The first kappa shape index (κ1) is 13.5. The van der Waals surface area contributed by atoms with Crippen molar-refractivity contribution in [1.82, 2.24) is 10.1 Å². The van der Waals surface area contributed by atoms with Gasteiger partial charge in [-0.05, 0) is 12.1 Å². The minimum Gasteiger partial charge on any atom is -0.394 e. The molecule has 8 heteroatoms. The highest BCUT2D eigenvalue weighted by molar-refractivity contribution is 5.55. The number of hydrogen-bond acceptors (Lipinski definition) is 5. The summed E-state index contributed by atoms with van der Waals surface area (Å²) in [6.07, 6.45) is -4.44. The normalized spacial score (nSPS) is 13.5. The first-order valence-electron chi connectivity index (χ1n) is 5.29. The van der Waals surface area contributed by atoms with Gasteiger partial charge in [-0.2, -0.15) is 18.2 Å². The monoisotopic (exact) mass is 273 g/mol. The number of benzene rings is 1. The second-order valence-electron chi connectivity index (χ2n) is 3.82. The lowest BCUT2D eigenvalue weighted by Gasteiger charge is -2.06. The summed E-state index contributed by atoms with van der Waals surface area (Å²) < 4.78 is 42.4. The molecule has 19 heavy (non-hydrogen) atoms. The van der Waals surface area contributed by atoms with Crippen LogP contribution in [0, 0.1) is 0 Å². The molecular formula is C11H10F3N3O2. The average Bonchev–Trinajstić information content (AvgIpc) is 2.86. The minimum absolute atomic E-state index is 0.00926. The second-order valence-corrected chi connectivity index (χ2v) is 3.82. The number of aliphatic hydroxyl groups excluding tert-OH is 1. The number of alkyl halides is 3. The minimum atomic E-state index is -4.44. The number of aliphatic hydroxyl groups is 1. The lowest BCUT2D eigenvalue weighted by Crippen LogP contribution is -2.14. The van der Waals surface area contributed by atoms with E-state index in [4.69, 9.17) is 15.4 Å². The fourth-order valence-corrected chi connectivity index (χ4v) is 1.42. The standard InChI is InChI=1S/C11H10F3N3O2/c12-11(13,14)7-3-1-2-6(4-7)9-16-10(19-17-9)8(15)5-18/h1-4,8,18H,5,15H2/t8-/m0/s1. The van der Waals surface area contributed by atoms with Crippen molar-refractivity contribution < 1.29 is 22.8 Å². The maximum Gasteiger partial charge on any atom is 0.416 e.